The van der Waals surface area contributed by atoms with Gasteiger partial charge in [-0.2, -0.15) is 0 Å². The highest BCUT2D eigenvalue weighted by Crippen LogP contribution is 2.30. The highest BCUT2D eigenvalue weighted by Gasteiger charge is 2.15. The summed E-state index contributed by atoms with van der Waals surface area (Å²) in [6.45, 7) is 3.32. The van der Waals surface area contributed by atoms with E-state index < -0.39 is 18.5 Å². The highest BCUT2D eigenvalue weighted by atomic mass is 16.5. The van der Waals surface area contributed by atoms with E-state index in [9.17, 15) is 9.59 Å². The van der Waals surface area contributed by atoms with E-state index in [1.165, 1.54) is 27.4 Å². The maximum Gasteiger partial charge on any atom is 0.338 e. The van der Waals surface area contributed by atoms with E-state index in [0.717, 1.165) is 0 Å². The fourth-order valence-corrected chi connectivity index (χ4v) is 2.45. The van der Waals surface area contributed by atoms with E-state index in [1.807, 2.05) is 13.8 Å². The minimum Gasteiger partial charge on any atom is -0.497 e. The molecule has 0 aliphatic carbocycles. The topological polar surface area (TPSA) is 92.3 Å². The Bertz CT molecular complexity index is 864. The van der Waals surface area contributed by atoms with Crippen molar-refractivity contribution in [2.45, 2.75) is 20.0 Å². The monoisotopic (exact) mass is 403 g/mol. The van der Waals surface area contributed by atoms with Crippen LogP contribution in [0.2, 0.25) is 0 Å². The molecule has 2 aromatic carbocycles. The molecule has 0 aromatic heterocycles. The van der Waals surface area contributed by atoms with Crippen LogP contribution in [0.4, 0.5) is 5.69 Å². The van der Waals surface area contributed by atoms with Crippen molar-refractivity contribution >= 4 is 17.6 Å². The first-order valence-electron chi connectivity index (χ1n) is 8.91. The second-order valence-corrected chi connectivity index (χ2v) is 6.22. The molecule has 0 aliphatic heterocycles. The highest BCUT2D eigenvalue weighted by molar-refractivity contribution is 5.96. The molecule has 0 radical (unpaired) electrons. The van der Waals surface area contributed by atoms with Crippen molar-refractivity contribution in [2.24, 2.45) is 0 Å². The van der Waals surface area contributed by atoms with Gasteiger partial charge in [-0.15, -0.1) is 0 Å². The Labute approximate surface area is 169 Å². The molecule has 0 saturated heterocycles. The second kappa shape index (κ2) is 10.2. The summed E-state index contributed by atoms with van der Waals surface area (Å²) in [5, 5.41) is 2.63. The summed E-state index contributed by atoms with van der Waals surface area (Å²) in [6, 6.07) is 9.62. The number of anilines is 1. The van der Waals surface area contributed by atoms with Gasteiger partial charge in [0.25, 0.3) is 5.91 Å². The van der Waals surface area contributed by atoms with Gasteiger partial charge < -0.3 is 29.0 Å². The van der Waals surface area contributed by atoms with Gasteiger partial charge in [0.05, 0.1) is 38.7 Å². The van der Waals surface area contributed by atoms with E-state index in [4.69, 9.17) is 23.7 Å². The quantitative estimate of drug-likeness (QED) is 0.642. The zero-order valence-corrected chi connectivity index (χ0v) is 17.1. The number of amides is 1. The smallest absolute Gasteiger partial charge is 0.338 e. The van der Waals surface area contributed by atoms with Crippen LogP contribution in [0.15, 0.2) is 36.4 Å². The first-order chi connectivity index (χ1) is 13.9. The lowest BCUT2D eigenvalue weighted by molar-refractivity contribution is -0.119. The molecule has 8 nitrogen and oxygen atoms in total. The summed E-state index contributed by atoms with van der Waals surface area (Å²) in [5.74, 6) is 0.772. The van der Waals surface area contributed by atoms with Crippen molar-refractivity contribution in [1.82, 2.24) is 0 Å². The molecule has 2 rings (SSSR count). The van der Waals surface area contributed by atoms with Crippen LogP contribution >= 0.6 is 0 Å². The predicted octanol–water partition coefficient (Wildman–Crippen LogP) is 3.30. The summed E-state index contributed by atoms with van der Waals surface area (Å²) < 4.78 is 26.3. The molecule has 0 saturated carbocycles. The van der Waals surface area contributed by atoms with Crippen LogP contribution < -0.4 is 24.3 Å². The van der Waals surface area contributed by atoms with Crippen molar-refractivity contribution in [3.05, 3.63) is 42.0 Å². The minimum absolute atomic E-state index is 0.0413. The SMILES string of the molecule is COc1ccc(NC(=O)COC(=O)c2ccc(OC(C)C)c(OC)c2)c(OC)c1. The first-order valence-corrected chi connectivity index (χ1v) is 8.91. The average molecular weight is 403 g/mol. The van der Waals surface area contributed by atoms with Gasteiger partial charge in [-0.1, -0.05) is 0 Å². The summed E-state index contributed by atoms with van der Waals surface area (Å²) in [6.07, 6.45) is -0.0413. The molecule has 29 heavy (non-hydrogen) atoms. The summed E-state index contributed by atoms with van der Waals surface area (Å²) in [7, 11) is 4.49. The second-order valence-electron chi connectivity index (χ2n) is 6.22. The summed E-state index contributed by atoms with van der Waals surface area (Å²) >= 11 is 0. The van der Waals surface area contributed by atoms with Gasteiger partial charge in [0, 0.05) is 6.07 Å². The molecule has 0 fully saturated rings. The van der Waals surface area contributed by atoms with Gasteiger partial charge in [0.2, 0.25) is 0 Å². The molecule has 0 atom stereocenters. The van der Waals surface area contributed by atoms with Crippen LogP contribution in [-0.2, 0) is 9.53 Å². The Morgan fingerprint density at radius 2 is 1.62 bits per heavy atom. The molecule has 156 valence electrons. The normalized spacial score (nSPS) is 10.3. The molecule has 2 aromatic rings. The molecule has 0 heterocycles. The first kappa shape index (κ1) is 21.9. The van der Waals surface area contributed by atoms with E-state index in [1.54, 1.807) is 30.3 Å². The number of carbonyl (C=O) groups excluding carboxylic acids is 2. The van der Waals surface area contributed by atoms with Gasteiger partial charge in [-0.25, -0.2) is 4.79 Å². The molecule has 8 heteroatoms. The minimum atomic E-state index is -0.656. The van der Waals surface area contributed by atoms with Crippen LogP contribution in [-0.4, -0.2) is 45.9 Å². The number of ether oxygens (including phenoxy) is 5. The molecule has 1 amide bonds. The van der Waals surface area contributed by atoms with Crippen LogP contribution in [0.1, 0.15) is 24.2 Å². The van der Waals surface area contributed by atoms with Crippen molar-refractivity contribution in [1.29, 1.82) is 0 Å². The van der Waals surface area contributed by atoms with E-state index in [-0.39, 0.29) is 11.7 Å². The molecule has 1 N–H and O–H groups in total. The molecular formula is C21H25NO7. The molecule has 0 unspecified atom stereocenters. The third-order valence-electron chi connectivity index (χ3n) is 3.78. The van der Waals surface area contributed by atoms with E-state index in [2.05, 4.69) is 5.32 Å². The van der Waals surface area contributed by atoms with Crippen molar-refractivity contribution in [3.63, 3.8) is 0 Å². The molecule has 0 bridgehead atoms. The van der Waals surface area contributed by atoms with Crippen molar-refractivity contribution < 1.29 is 33.3 Å². The zero-order chi connectivity index (χ0) is 21.4. The van der Waals surface area contributed by atoms with Crippen molar-refractivity contribution in [3.8, 4) is 23.0 Å². The van der Waals surface area contributed by atoms with Gasteiger partial charge in [-0.3, -0.25) is 4.79 Å². The maximum atomic E-state index is 12.3. The number of carbonyl (C=O) groups is 2. The van der Waals surface area contributed by atoms with E-state index in [0.29, 0.717) is 28.7 Å². The van der Waals surface area contributed by atoms with Crippen LogP contribution in [0.25, 0.3) is 0 Å². The van der Waals surface area contributed by atoms with Crippen molar-refractivity contribution in [2.75, 3.05) is 33.3 Å². The van der Waals surface area contributed by atoms with Gasteiger partial charge >= 0.3 is 5.97 Å². The number of nitrogens with one attached hydrogen (secondary N) is 1. The van der Waals surface area contributed by atoms with Gasteiger partial charge in [-0.05, 0) is 44.2 Å². The predicted molar refractivity (Wildman–Crippen MR) is 107 cm³/mol. The lowest BCUT2D eigenvalue weighted by atomic mass is 10.2. The summed E-state index contributed by atoms with van der Waals surface area (Å²) in [4.78, 5) is 24.4. The maximum absolute atomic E-state index is 12.3. The number of esters is 1. The van der Waals surface area contributed by atoms with Crippen LogP contribution in [0.5, 0.6) is 23.0 Å². The van der Waals surface area contributed by atoms with Gasteiger partial charge in [0.1, 0.15) is 11.5 Å². The summed E-state index contributed by atoms with van der Waals surface area (Å²) in [5.41, 5.74) is 0.680. The zero-order valence-electron chi connectivity index (χ0n) is 17.1. The molecule has 0 aliphatic rings. The number of methoxy groups -OCH3 is 3. The lowest BCUT2D eigenvalue weighted by Crippen LogP contribution is -2.21. The van der Waals surface area contributed by atoms with Crippen LogP contribution in [0.3, 0.4) is 0 Å². The molecule has 0 spiro atoms. The standard InChI is InChI=1S/C21H25NO7/c1-13(2)29-17-9-6-14(10-19(17)27-5)21(24)28-12-20(23)22-16-8-7-15(25-3)11-18(16)26-4/h6-11,13H,12H2,1-5H3,(H,22,23). The fraction of sp³-hybridized carbons (Fsp3) is 0.333. The Morgan fingerprint density at radius 3 is 2.24 bits per heavy atom. The van der Waals surface area contributed by atoms with E-state index >= 15 is 0 Å². The lowest BCUT2D eigenvalue weighted by Gasteiger charge is -2.14. The number of benzene rings is 2. The Morgan fingerprint density at radius 1 is 0.897 bits per heavy atom. The Kier molecular flexibility index (Phi) is 7.70. The molecular weight excluding hydrogens is 378 g/mol. The van der Waals surface area contributed by atoms with Gasteiger partial charge in [0.15, 0.2) is 18.1 Å². The number of hydrogen-bond donors (Lipinski definition) is 1. The number of hydrogen-bond acceptors (Lipinski definition) is 7. The fourth-order valence-electron chi connectivity index (χ4n) is 2.45. The third-order valence-corrected chi connectivity index (χ3v) is 3.78. The Balaban J connectivity index is 1.99. The third kappa shape index (κ3) is 6.03. The largest absolute Gasteiger partial charge is 0.497 e. The number of rotatable bonds is 9. The Hall–Kier alpha value is -3.42. The van der Waals surface area contributed by atoms with Crippen LogP contribution in [0, 0.1) is 0 Å². The average Bonchev–Trinajstić information content (AvgIpc) is 2.72.